The predicted octanol–water partition coefficient (Wildman–Crippen LogP) is 8.90. The third-order valence-electron chi connectivity index (χ3n) is 5.92. The summed E-state index contributed by atoms with van der Waals surface area (Å²) in [5.74, 6) is 0.663. The number of hydrogen-bond acceptors (Lipinski definition) is 3. The van der Waals surface area contributed by atoms with E-state index in [2.05, 4.69) is 11.9 Å². The molecule has 0 N–H and O–H groups in total. The Labute approximate surface area is 188 Å². The van der Waals surface area contributed by atoms with Gasteiger partial charge in [0.05, 0.1) is 5.69 Å². The Balaban J connectivity index is 1.47. The molecule has 1 atom stereocenters. The van der Waals surface area contributed by atoms with Crippen molar-refractivity contribution in [3.8, 4) is 0 Å². The molecule has 1 aliphatic heterocycles. The van der Waals surface area contributed by atoms with Crippen molar-refractivity contribution in [1.82, 2.24) is 0 Å². The Hall–Kier alpha value is -1.35. The molecule has 1 heterocycles. The first-order valence-electron chi connectivity index (χ1n) is 12.2. The van der Waals surface area contributed by atoms with Gasteiger partial charge in [0.1, 0.15) is 0 Å². The zero-order valence-electron chi connectivity index (χ0n) is 18.8. The largest absolute Gasteiger partial charge is 0.465 e. The van der Waals surface area contributed by atoms with Crippen LogP contribution in [0.2, 0.25) is 5.02 Å². The second kappa shape index (κ2) is 15.5. The average molecular weight is 434 g/mol. The number of aliphatic imine (C=N–C) groups is 1. The van der Waals surface area contributed by atoms with E-state index >= 15 is 0 Å². The number of hydrogen-bond donors (Lipinski definition) is 0. The molecule has 0 saturated carbocycles. The van der Waals surface area contributed by atoms with E-state index in [4.69, 9.17) is 16.3 Å². The Morgan fingerprint density at radius 2 is 1.40 bits per heavy atom. The van der Waals surface area contributed by atoms with Gasteiger partial charge >= 0.3 is 0 Å². The fraction of sp³-hybridized carbons (Fsp3) is 0.692. The Bertz CT molecular complexity index is 644. The topological polar surface area (TPSA) is 38.7 Å². The van der Waals surface area contributed by atoms with Crippen molar-refractivity contribution in [3.05, 3.63) is 28.8 Å². The van der Waals surface area contributed by atoms with Crippen molar-refractivity contribution in [2.45, 2.75) is 116 Å². The molecule has 168 valence electrons. The number of aldehydes is 1. The van der Waals surface area contributed by atoms with Crippen LogP contribution in [0.25, 0.3) is 0 Å². The molecule has 0 saturated heterocycles. The van der Waals surface area contributed by atoms with Crippen LogP contribution in [0.4, 0.5) is 5.69 Å². The second-order valence-electron chi connectivity index (χ2n) is 8.58. The molecular formula is C26H40ClNO2. The summed E-state index contributed by atoms with van der Waals surface area (Å²) in [5.41, 5.74) is 1.57. The SMILES string of the molecule is CCCCCCCCCCCCCCCCCC1=Nc2cc(Cl)ccc2C(C=O)O1. The lowest BCUT2D eigenvalue weighted by Crippen LogP contribution is -2.16. The molecule has 1 aliphatic rings. The summed E-state index contributed by atoms with van der Waals surface area (Å²) in [7, 11) is 0. The summed E-state index contributed by atoms with van der Waals surface area (Å²) in [6, 6.07) is 5.41. The summed E-state index contributed by atoms with van der Waals surface area (Å²) in [6.45, 7) is 2.28. The highest BCUT2D eigenvalue weighted by molar-refractivity contribution is 6.30. The van der Waals surface area contributed by atoms with E-state index in [-0.39, 0.29) is 0 Å². The summed E-state index contributed by atoms with van der Waals surface area (Å²) in [6.07, 6.45) is 21.3. The van der Waals surface area contributed by atoms with Gasteiger partial charge in [0, 0.05) is 17.0 Å². The number of fused-ring (bicyclic) bond motifs is 1. The van der Waals surface area contributed by atoms with Gasteiger partial charge in [-0.05, 0) is 18.6 Å². The van der Waals surface area contributed by atoms with Gasteiger partial charge in [-0.25, -0.2) is 4.99 Å². The van der Waals surface area contributed by atoms with E-state index in [1.54, 1.807) is 6.07 Å². The van der Waals surface area contributed by atoms with Crippen LogP contribution < -0.4 is 0 Å². The Kier molecular flexibility index (Phi) is 12.8. The number of benzene rings is 1. The van der Waals surface area contributed by atoms with Gasteiger partial charge in [0.15, 0.2) is 18.3 Å². The van der Waals surface area contributed by atoms with Gasteiger partial charge in [-0.1, -0.05) is 114 Å². The van der Waals surface area contributed by atoms with E-state index < -0.39 is 6.10 Å². The smallest absolute Gasteiger partial charge is 0.189 e. The van der Waals surface area contributed by atoms with Gasteiger partial charge < -0.3 is 4.74 Å². The van der Waals surface area contributed by atoms with Crippen molar-refractivity contribution in [1.29, 1.82) is 0 Å². The first-order chi connectivity index (χ1) is 14.7. The molecule has 3 nitrogen and oxygen atoms in total. The molecule has 0 radical (unpaired) electrons. The maximum atomic E-state index is 11.4. The minimum absolute atomic E-state index is 0.555. The molecule has 0 aliphatic carbocycles. The summed E-state index contributed by atoms with van der Waals surface area (Å²) < 4.78 is 5.76. The van der Waals surface area contributed by atoms with Gasteiger partial charge in [-0.15, -0.1) is 0 Å². The minimum Gasteiger partial charge on any atom is -0.465 e. The summed E-state index contributed by atoms with van der Waals surface area (Å²) >= 11 is 6.06. The van der Waals surface area contributed by atoms with Crippen LogP contribution in [0.3, 0.4) is 0 Å². The van der Waals surface area contributed by atoms with Crippen molar-refractivity contribution < 1.29 is 9.53 Å². The maximum Gasteiger partial charge on any atom is 0.189 e. The minimum atomic E-state index is -0.555. The molecule has 30 heavy (non-hydrogen) atoms. The Morgan fingerprint density at radius 3 is 1.93 bits per heavy atom. The number of ether oxygens (including phenoxy) is 1. The number of rotatable bonds is 17. The Morgan fingerprint density at radius 1 is 0.867 bits per heavy atom. The first kappa shape index (κ1) is 24.9. The summed E-state index contributed by atoms with van der Waals surface area (Å²) in [5, 5.41) is 0.635. The van der Waals surface area contributed by atoms with E-state index in [0.29, 0.717) is 10.9 Å². The molecule has 0 aromatic heterocycles. The quantitative estimate of drug-likeness (QED) is 0.181. The third-order valence-corrected chi connectivity index (χ3v) is 6.16. The zero-order chi connectivity index (χ0) is 21.4. The number of nitrogens with zero attached hydrogens (tertiary/aromatic N) is 1. The van der Waals surface area contributed by atoms with Gasteiger partial charge in [-0.3, -0.25) is 4.79 Å². The molecule has 0 bridgehead atoms. The highest BCUT2D eigenvalue weighted by atomic mass is 35.5. The van der Waals surface area contributed by atoms with Gasteiger partial charge in [0.2, 0.25) is 0 Å². The van der Waals surface area contributed by atoms with Crippen molar-refractivity contribution in [3.63, 3.8) is 0 Å². The fourth-order valence-electron chi connectivity index (χ4n) is 4.09. The van der Waals surface area contributed by atoms with Crippen molar-refractivity contribution in [2.75, 3.05) is 0 Å². The van der Waals surface area contributed by atoms with Crippen molar-refractivity contribution >= 4 is 29.5 Å². The lowest BCUT2D eigenvalue weighted by molar-refractivity contribution is -0.114. The normalized spacial score (nSPS) is 15.4. The summed E-state index contributed by atoms with van der Waals surface area (Å²) in [4.78, 5) is 15.9. The highest BCUT2D eigenvalue weighted by Gasteiger charge is 2.23. The monoisotopic (exact) mass is 433 g/mol. The second-order valence-corrected chi connectivity index (χ2v) is 9.02. The van der Waals surface area contributed by atoms with Crippen LogP contribution in [0, 0.1) is 0 Å². The maximum absolute atomic E-state index is 11.4. The lowest BCUT2D eigenvalue weighted by Gasteiger charge is -2.22. The lowest BCUT2D eigenvalue weighted by atomic mass is 10.0. The number of carbonyl (C=O) groups excluding carboxylic acids is 1. The highest BCUT2D eigenvalue weighted by Crippen LogP contribution is 2.34. The van der Waals surface area contributed by atoms with E-state index in [1.165, 1.54) is 89.9 Å². The molecule has 1 unspecified atom stereocenters. The predicted molar refractivity (Wildman–Crippen MR) is 128 cm³/mol. The van der Waals surface area contributed by atoms with Gasteiger partial charge in [-0.2, -0.15) is 0 Å². The van der Waals surface area contributed by atoms with E-state index in [1.807, 2.05) is 12.1 Å². The van der Waals surface area contributed by atoms with Gasteiger partial charge in [0.25, 0.3) is 0 Å². The fourth-order valence-corrected chi connectivity index (χ4v) is 4.25. The van der Waals surface area contributed by atoms with Crippen LogP contribution in [0.15, 0.2) is 23.2 Å². The number of halogens is 1. The van der Waals surface area contributed by atoms with E-state index in [9.17, 15) is 4.79 Å². The molecule has 0 fully saturated rings. The van der Waals surface area contributed by atoms with Crippen molar-refractivity contribution in [2.24, 2.45) is 4.99 Å². The zero-order valence-corrected chi connectivity index (χ0v) is 19.6. The van der Waals surface area contributed by atoms with Crippen LogP contribution >= 0.6 is 11.6 Å². The molecule has 1 aromatic rings. The molecular weight excluding hydrogens is 394 g/mol. The molecule has 2 rings (SSSR count). The van der Waals surface area contributed by atoms with Crippen LogP contribution in [0.1, 0.15) is 121 Å². The molecule has 1 aromatic carbocycles. The molecule has 0 amide bonds. The number of unbranched alkanes of at least 4 members (excludes halogenated alkanes) is 14. The standard InChI is InChI=1S/C26H40ClNO2/c1-2-3-4-5-6-7-8-9-10-11-12-13-14-15-16-17-26-28-24-20-22(27)18-19-23(24)25(21-29)30-26/h18-21,25H,2-17H2,1H3. The molecule has 0 spiro atoms. The molecule has 4 heteroatoms. The van der Waals surface area contributed by atoms with Crippen LogP contribution in [0.5, 0.6) is 0 Å². The third kappa shape index (κ3) is 9.64. The van der Waals surface area contributed by atoms with Crippen LogP contribution in [-0.4, -0.2) is 12.2 Å². The number of carbonyl (C=O) groups is 1. The average Bonchev–Trinajstić information content (AvgIpc) is 2.75. The van der Waals surface area contributed by atoms with Crippen LogP contribution in [-0.2, 0) is 9.53 Å². The first-order valence-corrected chi connectivity index (χ1v) is 12.6. The van der Waals surface area contributed by atoms with E-state index in [0.717, 1.165) is 30.4 Å².